The lowest BCUT2D eigenvalue weighted by Gasteiger charge is -2.28. The second-order valence-electron chi connectivity index (χ2n) is 5.47. The van der Waals surface area contributed by atoms with Crippen LogP contribution in [0, 0.1) is 23.1 Å². The highest BCUT2D eigenvalue weighted by atomic mass is 19.1. The molecule has 1 aliphatic rings. The van der Waals surface area contributed by atoms with Crippen LogP contribution < -0.4 is 5.32 Å². The number of nitriles is 1. The van der Waals surface area contributed by atoms with Gasteiger partial charge in [-0.2, -0.15) is 5.26 Å². The molecule has 3 heteroatoms. The Morgan fingerprint density at radius 2 is 2.00 bits per heavy atom. The molecule has 0 bridgehead atoms. The molecule has 19 heavy (non-hydrogen) atoms. The van der Waals surface area contributed by atoms with Crippen molar-refractivity contribution in [1.82, 2.24) is 5.32 Å². The van der Waals surface area contributed by atoms with Crippen LogP contribution in [0.5, 0.6) is 0 Å². The molecule has 0 atom stereocenters. The number of rotatable bonds is 4. The second-order valence-corrected chi connectivity index (χ2v) is 5.47. The second kappa shape index (κ2) is 6.68. The molecule has 0 heterocycles. The zero-order valence-electron chi connectivity index (χ0n) is 11.5. The number of nitrogens with zero attached hydrogens (tertiary/aromatic N) is 1. The molecule has 0 amide bonds. The van der Waals surface area contributed by atoms with E-state index in [9.17, 15) is 4.39 Å². The van der Waals surface area contributed by atoms with Crippen molar-refractivity contribution < 1.29 is 4.39 Å². The van der Waals surface area contributed by atoms with Gasteiger partial charge in [0.25, 0.3) is 0 Å². The molecule has 2 rings (SSSR count). The van der Waals surface area contributed by atoms with Gasteiger partial charge in [0, 0.05) is 12.6 Å². The Balaban J connectivity index is 1.86. The maximum Gasteiger partial charge on any atom is 0.124 e. The lowest BCUT2D eigenvalue weighted by molar-refractivity contribution is 0.285. The number of benzene rings is 1. The molecule has 0 aromatic heterocycles. The van der Waals surface area contributed by atoms with Crippen molar-refractivity contribution in [3.63, 3.8) is 0 Å². The molecule has 0 spiro atoms. The van der Waals surface area contributed by atoms with Crippen molar-refractivity contribution >= 4 is 0 Å². The van der Waals surface area contributed by atoms with Gasteiger partial charge in [0.05, 0.1) is 11.6 Å². The largest absolute Gasteiger partial charge is 0.310 e. The summed E-state index contributed by atoms with van der Waals surface area (Å²) < 4.78 is 13.3. The zero-order valence-corrected chi connectivity index (χ0v) is 11.5. The quantitative estimate of drug-likeness (QED) is 0.894. The SMILES string of the molecule is CCC1CCC(NCc2cc(F)cc(C#N)c2)CC1. The lowest BCUT2D eigenvalue weighted by Crippen LogP contribution is -2.32. The predicted octanol–water partition coefficient (Wildman–Crippen LogP) is 3.76. The van der Waals surface area contributed by atoms with E-state index in [0.29, 0.717) is 18.2 Å². The lowest BCUT2D eigenvalue weighted by atomic mass is 9.84. The van der Waals surface area contributed by atoms with Crippen LogP contribution in [0.3, 0.4) is 0 Å². The fraction of sp³-hybridized carbons (Fsp3) is 0.562. The van der Waals surface area contributed by atoms with Crippen LogP contribution in [-0.2, 0) is 6.54 Å². The first-order valence-electron chi connectivity index (χ1n) is 7.14. The Hall–Kier alpha value is -1.40. The maximum atomic E-state index is 13.3. The molecule has 0 radical (unpaired) electrons. The molecule has 102 valence electrons. The van der Waals surface area contributed by atoms with E-state index < -0.39 is 0 Å². The highest BCUT2D eigenvalue weighted by Gasteiger charge is 2.19. The molecule has 1 N–H and O–H groups in total. The zero-order chi connectivity index (χ0) is 13.7. The standard InChI is InChI=1S/C16H21FN2/c1-2-12-3-5-16(6-4-12)19-11-14-7-13(10-18)8-15(17)9-14/h7-9,12,16,19H,2-6,11H2,1H3. The van der Waals surface area contributed by atoms with Crippen molar-refractivity contribution in [1.29, 1.82) is 5.26 Å². The van der Waals surface area contributed by atoms with Crippen molar-refractivity contribution in [2.75, 3.05) is 0 Å². The Bertz CT molecular complexity index is 456. The minimum absolute atomic E-state index is 0.328. The summed E-state index contributed by atoms with van der Waals surface area (Å²) in [4.78, 5) is 0. The van der Waals surface area contributed by atoms with E-state index in [1.54, 1.807) is 6.07 Å². The van der Waals surface area contributed by atoms with Crippen LogP contribution in [0.15, 0.2) is 18.2 Å². The Morgan fingerprint density at radius 1 is 1.26 bits per heavy atom. The molecular weight excluding hydrogens is 239 g/mol. The third-order valence-corrected chi connectivity index (χ3v) is 4.11. The molecular formula is C16H21FN2. The van der Waals surface area contributed by atoms with E-state index in [4.69, 9.17) is 5.26 Å². The summed E-state index contributed by atoms with van der Waals surface area (Å²) in [6, 6.07) is 7.07. The molecule has 1 saturated carbocycles. The van der Waals surface area contributed by atoms with Gasteiger partial charge in [0.1, 0.15) is 5.82 Å². The van der Waals surface area contributed by atoms with Crippen LogP contribution in [0.2, 0.25) is 0 Å². The first-order valence-corrected chi connectivity index (χ1v) is 7.14. The number of halogens is 1. The fourth-order valence-corrected chi connectivity index (χ4v) is 2.85. The van der Waals surface area contributed by atoms with E-state index >= 15 is 0 Å². The normalized spacial score (nSPS) is 23.0. The van der Waals surface area contributed by atoms with Gasteiger partial charge in [0.15, 0.2) is 0 Å². The van der Waals surface area contributed by atoms with E-state index in [0.717, 1.165) is 11.5 Å². The molecule has 2 nitrogen and oxygen atoms in total. The van der Waals surface area contributed by atoms with Crippen LogP contribution in [-0.4, -0.2) is 6.04 Å². The Kier molecular flexibility index (Phi) is 4.93. The summed E-state index contributed by atoms with van der Waals surface area (Å²) in [6.45, 7) is 2.91. The van der Waals surface area contributed by atoms with Crippen molar-refractivity contribution in [3.8, 4) is 6.07 Å². The monoisotopic (exact) mass is 260 g/mol. The predicted molar refractivity (Wildman–Crippen MR) is 74.0 cm³/mol. The van der Waals surface area contributed by atoms with Gasteiger partial charge >= 0.3 is 0 Å². The van der Waals surface area contributed by atoms with Gasteiger partial charge in [-0.25, -0.2) is 4.39 Å². The molecule has 1 fully saturated rings. The molecule has 1 aromatic carbocycles. The van der Waals surface area contributed by atoms with Crippen molar-refractivity contribution in [2.24, 2.45) is 5.92 Å². The summed E-state index contributed by atoms with van der Waals surface area (Å²) in [5.74, 6) is 0.558. The summed E-state index contributed by atoms with van der Waals surface area (Å²) in [6.07, 6.45) is 6.28. The average molecular weight is 260 g/mol. The van der Waals surface area contributed by atoms with Crippen LogP contribution >= 0.6 is 0 Å². The molecule has 1 aromatic rings. The highest BCUT2D eigenvalue weighted by Crippen LogP contribution is 2.26. The van der Waals surface area contributed by atoms with Crippen LogP contribution in [0.1, 0.15) is 50.2 Å². The highest BCUT2D eigenvalue weighted by molar-refractivity contribution is 5.33. The molecule has 0 unspecified atom stereocenters. The first-order chi connectivity index (χ1) is 9.21. The number of hydrogen-bond donors (Lipinski definition) is 1. The van der Waals surface area contributed by atoms with Gasteiger partial charge in [-0.3, -0.25) is 0 Å². The topological polar surface area (TPSA) is 35.8 Å². The van der Waals surface area contributed by atoms with Crippen molar-refractivity contribution in [2.45, 2.75) is 51.6 Å². The first kappa shape index (κ1) is 14.0. The molecule has 1 aliphatic carbocycles. The third kappa shape index (κ3) is 4.04. The Labute approximate surface area is 114 Å². The van der Waals surface area contributed by atoms with Crippen molar-refractivity contribution in [3.05, 3.63) is 35.1 Å². The van der Waals surface area contributed by atoms with E-state index in [2.05, 4.69) is 12.2 Å². The molecule has 0 saturated heterocycles. The summed E-state index contributed by atoms with van der Waals surface area (Å²) in [7, 11) is 0. The number of nitrogens with one attached hydrogen (secondary N) is 1. The smallest absolute Gasteiger partial charge is 0.124 e. The summed E-state index contributed by atoms with van der Waals surface area (Å²) >= 11 is 0. The van der Waals surface area contributed by atoms with Gasteiger partial charge in [-0.05, 0) is 55.4 Å². The number of hydrogen-bond acceptors (Lipinski definition) is 2. The summed E-state index contributed by atoms with van der Waals surface area (Å²) in [5, 5.41) is 12.3. The maximum absolute atomic E-state index is 13.3. The van der Waals surface area contributed by atoms with E-state index in [-0.39, 0.29) is 5.82 Å². The van der Waals surface area contributed by atoms with Crippen LogP contribution in [0.25, 0.3) is 0 Å². The van der Waals surface area contributed by atoms with Gasteiger partial charge in [-0.15, -0.1) is 0 Å². The minimum atomic E-state index is -0.328. The van der Waals surface area contributed by atoms with E-state index in [1.807, 2.05) is 6.07 Å². The van der Waals surface area contributed by atoms with Gasteiger partial charge in [0.2, 0.25) is 0 Å². The third-order valence-electron chi connectivity index (χ3n) is 4.11. The molecule has 0 aliphatic heterocycles. The van der Waals surface area contributed by atoms with E-state index in [1.165, 1.54) is 44.2 Å². The van der Waals surface area contributed by atoms with Gasteiger partial charge in [-0.1, -0.05) is 13.3 Å². The average Bonchev–Trinajstić information content (AvgIpc) is 2.45. The van der Waals surface area contributed by atoms with Gasteiger partial charge < -0.3 is 5.32 Å². The minimum Gasteiger partial charge on any atom is -0.310 e. The fourth-order valence-electron chi connectivity index (χ4n) is 2.85. The summed E-state index contributed by atoms with van der Waals surface area (Å²) in [5.41, 5.74) is 1.25. The van der Waals surface area contributed by atoms with Crippen LogP contribution in [0.4, 0.5) is 4.39 Å². The Morgan fingerprint density at radius 3 is 2.63 bits per heavy atom.